The Kier molecular flexibility index (Phi) is 4.48. The van der Waals surface area contributed by atoms with Crippen LogP contribution >= 0.6 is 0 Å². The van der Waals surface area contributed by atoms with Gasteiger partial charge in [-0.05, 0) is 48.9 Å². The molecule has 19 heavy (non-hydrogen) atoms. The Hall–Kier alpha value is 0.130. The summed E-state index contributed by atoms with van der Waals surface area (Å²) >= 11 is 0. The second-order valence-corrected chi connectivity index (χ2v) is 8.53. The molecule has 0 saturated heterocycles. The van der Waals surface area contributed by atoms with Gasteiger partial charge in [0, 0.05) is 0 Å². The van der Waals surface area contributed by atoms with Crippen LogP contribution < -0.4 is 0 Å². The summed E-state index contributed by atoms with van der Waals surface area (Å²) in [6.45, 7) is 7.34. The molecular formula is C17H34B2. The largest absolute Gasteiger partial charge is 0.100 e. The fraction of sp³-hybridized carbons (Fsp3) is 1.00. The highest BCUT2D eigenvalue weighted by Gasteiger charge is 2.50. The highest BCUT2D eigenvalue weighted by Crippen LogP contribution is 2.62. The fourth-order valence-corrected chi connectivity index (χ4v) is 5.40. The molecule has 0 nitrogen and oxygen atoms in total. The Labute approximate surface area is 123 Å². The molecule has 0 aromatic rings. The topological polar surface area (TPSA) is 0 Å². The zero-order valence-corrected chi connectivity index (χ0v) is 14.1. The third-order valence-corrected chi connectivity index (χ3v) is 7.53. The molecular weight excluding hydrogens is 226 g/mol. The summed E-state index contributed by atoms with van der Waals surface area (Å²) < 4.78 is 0. The Morgan fingerprint density at radius 1 is 1.11 bits per heavy atom. The lowest BCUT2D eigenvalue weighted by Gasteiger charge is -2.49. The molecule has 2 saturated carbocycles. The Morgan fingerprint density at radius 3 is 2.26 bits per heavy atom. The van der Waals surface area contributed by atoms with E-state index in [1.165, 1.54) is 57.8 Å². The molecule has 108 valence electrons. The van der Waals surface area contributed by atoms with E-state index >= 15 is 0 Å². The van der Waals surface area contributed by atoms with Crippen molar-refractivity contribution in [2.45, 2.75) is 90.2 Å². The molecule has 2 aliphatic carbocycles. The van der Waals surface area contributed by atoms with Gasteiger partial charge in [-0.1, -0.05) is 58.1 Å². The maximum atomic E-state index is 2.59. The highest BCUT2D eigenvalue weighted by atomic mass is 14.5. The summed E-state index contributed by atoms with van der Waals surface area (Å²) in [6.07, 6.45) is 14.8. The molecule has 2 atom stereocenters. The molecule has 2 rings (SSSR count). The lowest BCUT2D eigenvalue weighted by atomic mass is 9.36. The van der Waals surface area contributed by atoms with Crippen molar-refractivity contribution in [3.05, 3.63) is 0 Å². The predicted octanol–water partition coefficient (Wildman–Crippen LogP) is 3.95. The number of hydrogen-bond acceptors (Lipinski definition) is 0. The van der Waals surface area contributed by atoms with E-state index in [1.54, 1.807) is 6.42 Å². The average Bonchev–Trinajstić information content (AvgIpc) is 3.00. The van der Waals surface area contributed by atoms with Crippen LogP contribution in [-0.2, 0) is 0 Å². The first-order valence-electron chi connectivity index (χ1n) is 8.89. The van der Waals surface area contributed by atoms with Crippen molar-refractivity contribution in [3.63, 3.8) is 0 Å². The van der Waals surface area contributed by atoms with Gasteiger partial charge in [-0.3, -0.25) is 0 Å². The van der Waals surface area contributed by atoms with Gasteiger partial charge < -0.3 is 0 Å². The molecule has 2 aliphatic rings. The van der Waals surface area contributed by atoms with E-state index in [0.29, 0.717) is 10.6 Å². The van der Waals surface area contributed by atoms with E-state index < -0.39 is 0 Å². The third-order valence-electron chi connectivity index (χ3n) is 7.53. The zero-order chi connectivity index (χ0) is 14.1. The Morgan fingerprint density at radius 2 is 1.74 bits per heavy atom. The minimum atomic E-state index is 0.518. The molecule has 2 heteroatoms. The van der Waals surface area contributed by atoms with E-state index in [0.717, 1.165) is 11.3 Å². The van der Waals surface area contributed by atoms with Crippen LogP contribution in [0.25, 0.3) is 0 Å². The molecule has 2 unspecified atom stereocenters. The van der Waals surface area contributed by atoms with E-state index in [4.69, 9.17) is 0 Å². The molecule has 1 spiro atoms. The van der Waals surface area contributed by atoms with Crippen LogP contribution in [0.3, 0.4) is 0 Å². The van der Waals surface area contributed by atoms with Crippen LogP contribution in [0.5, 0.6) is 0 Å². The van der Waals surface area contributed by atoms with Crippen molar-refractivity contribution in [2.75, 3.05) is 0 Å². The Bertz CT molecular complexity index is 304. The molecule has 0 aliphatic heterocycles. The van der Waals surface area contributed by atoms with E-state index in [1.807, 2.05) is 0 Å². The van der Waals surface area contributed by atoms with Gasteiger partial charge in [0.2, 0.25) is 0 Å². The number of hydrogen-bond donors (Lipinski definition) is 0. The minimum Gasteiger partial charge on any atom is -0.0766 e. The molecule has 0 radical (unpaired) electrons. The van der Waals surface area contributed by atoms with E-state index in [2.05, 4.69) is 36.5 Å². The SMILES string of the molecule is BC(B)(C1CCC2(CCCC2)C1)C(C)(CC)CCC. The standard InChI is InChI=1S/C17H34B2/c1-4-9-15(3,5-2)17(18,19)14-8-12-16(13-14)10-6-7-11-16/h14H,4-13,18-19H2,1-3H3. The second kappa shape index (κ2) is 5.49. The van der Waals surface area contributed by atoms with Gasteiger partial charge in [-0.15, -0.1) is 0 Å². The normalized spacial score (nSPS) is 29.7. The van der Waals surface area contributed by atoms with Gasteiger partial charge in [-0.2, -0.15) is 0 Å². The summed E-state index contributed by atoms with van der Waals surface area (Å²) in [4.78, 5) is 0. The highest BCUT2D eigenvalue weighted by molar-refractivity contribution is 6.40. The van der Waals surface area contributed by atoms with Crippen LogP contribution in [0.2, 0.25) is 5.21 Å². The maximum Gasteiger partial charge on any atom is 0.100 e. The van der Waals surface area contributed by atoms with Crippen molar-refractivity contribution in [2.24, 2.45) is 16.7 Å². The van der Waals surface area contributed by atoms with Gasteiger partial charge >= 0.3 is 0 Å². The predicted molar refractivity (Wildman–Crippen MR) is 91.3 cm³/mol. The first kappa shape index (κ1) is 15.5. The molecule has 0 N–H and O–H groups in total. The summed E-state index contributed by atoms with van der Waals surface area (Å²) in [7, 11) is 5.18. The van der Waals surface area contributed by atoms with Gasteiger partial charge in [0.1, 0.15) is 15.7 Å². The van der Waals surface area contributed by atoms with Crippen LogP contribution in [0.4, 0.5) is 0 Å². The van der Waals surface area contributed by atoms with Crippen molar-refractivity contribution in [3.8, 4) is 0 Å². The van der Waals surface area contributed by atoms with Crippen molar-refractivity contribution < 1.29 is 0 Å². The lowest BCUT2D eigenvalue weighted by molar-refractivity contribution is 0.171. The average molecular weight is 260 g/mol. The molecule has 0 aromatic carbocycles. The summed E-state index contributed by atoms with van der Waals surface area (Å²) in [6, 6.07) is 0. The van der Waals surface area contributed by atoms with Gasteiger partial charge in [0.05, 0.1) is 0 Å². The first-order valence-corrected chi connectivity index (χ1v) is 8.89. The number of rotatable bonds is 5. The summed E-state index contributed by atoms with van der Waals surface area (Å²) in [5, 5.41) is 0.518. The summed E-state index contributed by atoms with van der Waals surface area (Å²) in [5.74, 6) is 0.974. The molecule has 0 amide bonds. The van der Waals surface area contributed by atoms with Crippen LogP contribution in [0.1, 0.15) is 85.0 Å². The van der Waals surface area contributed by atoms with E-state index in [-0.39, 0.29) is 0 Å². The van der Waals surface area contributed by atoms with Crippen molar-refractivity contribution in [1.82, 2.24) is 0 Å². The monoisotopic (exact) mass is 260 g/mol. The third kappa shape index (κ3) is 2.66. The van der Waals surface area contributed by atoms with Crippen LogP contribution in [0, 0.1) is 16.7 Å². The fourth-order valence-electron chi connectivity index (χ4n) is 5.40. The van der Waals surface area contributed by atoms with Crippen LogP contribution in [-0.4, -0.2) is 15.7 Å². The first-order chi connectivity index (χ1) is 8.89. The lowest BCUT2D eigenvalue weighted by Crippen LogP contribution is -2.40. The molecule has 2 fully saturated rings. The minimum absolute atomic E-state index is 0.518. The molecule has 0 aromatic heterocycles. The van der Waals surface area contributed by atoms with Gasteiger partial charge in [0.15, 0.2) is 0 Å². The smallest absolute Gasteiger partial charge is 0.0766 e. The van der Waals surface area contributed by atoms with Crippen molar-refractivity contribution >= 4 is 15.7 Å². The molecule has 0 bridgehead atoms. The second-order valence-electron chi connectivity index (χ2n) is 8.53. The Balaban J connectivity index is 2.11. The van der Waals surface area contributed by atoms with Gasteiger partial charge in [0.25, 0.3) is 0 Å². The van der Waals surface area contributed by atoms with Crippen molar-refractivity contribution in [1.29, 1.82) is 0 Å². The molecule has 0 heterocycles. The maximum absolute atomic E-state index is 2.59. The quantitative estimate of drug-likeness (QED) is 0.656. The van der Waals surface area contributed by atoms with Crippen LogP contribution in [0.15, 0.2) is 0 Å². The van der Waals surface area contributed by atoms with Gasteiger partial charge in [-0.25, -0.2) is 0 Å². The zero-order valence-electron chi connectivity index (χ0n) is 14.1. The van der Waals surface area contributed by atoms with E-state index in [9.17, 15) is 0 Å². The summed E-state index contributed by atoms with van der Waals surface area (Å²) in [5.41, 5.74) is 1.32.